The Kier molecular flexibility index (Phi) is 5.51. The van der Waals surface area contributed by atoms with Crippen molar-refractivity contribution in [2.24, 2.45) is 0 Å². The SMILES string of the molecule is C=COOSC#CNC(=O)c1cccc(N)c1. The predicted molar refractivity (Wildman–Crippen MR) is 66.1 cm³/mol. The lowest BCUT2D eigenvalue weighted by molar-refractivity contribution is -0.127. The smallest absolute Gasteiger partial charge is 0.262 e. The molecule has 1 rings (SSSR count). The molecule has 0 spiro atoms. The lowest BCUT2D eigenvalue weighted by Crippen LogP contribution is -2.17. The molecule has 1 amide bonds. The summed E-state index contributed by atoms with van der Waals surface area (Å²) in [6.45, 7) is 3.26. The quantitative estimate of drug-likeness (QED) is 0.124. The Labute approximate surface area is 103 Å². The molecule has 6 heteroatoms. The van der Waals surface area contributed by atoms with E-state index in [-0.39, 0.29) is 5.91 Å². The van der Waals surface area contributed by atoms with Crippen LogP contribution in [0.3, 0.4) is 0 Å². The summed E-state index contributed by atoms with van der Waals surface area (Å²) < 4.78 is 4.44. The summed E-state index contributed by atoms with van der Waals surface area (Å²) in [5.74, 6) is -0.338. The van der Waals surface area contributed by atoms with Crippen LogP contribution in [0.25, 0.3) is 0 Å². The molecular formula is C11H10N2O3S. The number of nitrogens with two attached hydrogens (primary N) is 1. The molecule has 0 saturated heterocycles. The summed E-state index contributed by atoms with van der Waals surface area (Å²) >= 11 is 0.724. The number of hydrogen-bond acceptors (Lipinski definition) is 5. The monoisotopic (exact) mass is 250 g/mol. The molecule has 1 aromatic rings. The largest absolute Gasteiger partial charge is 0.399 e. The van der Waals surface area contributed by atoms with Crippen molar-refractivity contribution >= 4 is 23.6 Å². The molecule has 0 heterocycles. The van der Waals surface area contributed by atoms with Gasteiger partial charge in [0, 0.05) is 22.5 Å². The van der Waals surface area contributed by atoms with E-state index in [1.807, 2.05) is 0 Å². The van der Waals surface area contributed by atoms with Gasteiger partial charge in [0.2, 0.25) is 0 Å². The normalized spacial score (nSPS) is 8.71. The lowest BCUT2D eigenvalue weighted by atomic mass is 10.2. The molecule has 5 nitrogen and oxygen atoms in total. The molecule has 0 aliphatic carbocycles. The van der Waals surface area contributed by atoms with Crippen LogP contribution in [0.2, 0.25) is 0 Å². The zero-order chi connectivity index (χ0) is 12.5. The Hall–Kier alpha value is -2.10. The lowest BCUT2D eigenvalue weighted by Gasteiger charge is -1.98. The molecule has 88 valence electrons. The number of rotatable bonds is 4. The van der Waals surface area contributed by atoms with Gasteiger partial charge in [-0.15, -0.1) is 4.33 Å². The van der Waals surface area contributed by atoms with E-state index in [2.05, 4.69) is 32.4 Å². The van der Waals surface area contributed by atoms with Gasteiger partial charge in [0.15, 0.2) is 0 Å². The Morgan fingerprint density at radius 3 is 3.12 bits per heavy atom. The van der Waals surface area contributed by atoms with E-state index in [1.165, 1.54) is 0 Å². The molecule has 0 atom stereocenters. The summed E-state index contributed by atoms with van der Waals surface area (Å²) in [5, 5.41) is 4.81. The van der Waals surface area contributed by atoms with Crippen molar-refractivity contribution in [3.8, 4) is 11.3 Å². The van der Waals surface area contributed by atoms with Gasteiger partial charge >= 0.3 is 0 Å². The van der Waals surface area contributed by atoms with Crippen LogP contribution >= 0.6 is 12.0 Å². The minimum absolute atomic E-state index is 0.338. The highest BCUT2D eigenvalue weighted by molar-refractivity contribution is 7.99. The molecule has 0 aliphatic rings. The van der Waals surface area contributed by atoms with Crippen LogP contribution in [-0.4, -0.2) is 5.91 Å². The van der Waals surface area contributed by atoms with Crippen molar-refractivity contribution in [3.63, 3.8) is 0 Å². The number of hydrogen-bond donors (Lipinski definition) is 2. The fourth-order valence-electron chi connectivity index (χ4n) is 0.920. The van der Waals surface area contributed by atoms with Crippen molar-refractivity contribution in [3.05, 3.63) is 42.7 Å². The van der Waals surface area contributed by atoms with E-state index >= 15 is 0 Å². The number of anilines is 1. The minimum atomic E-state index is -0.338. The first-order chi connectivity index (χ1) is 8.24. The highest BCUT2D eigenvalue weighted by atomic mass is 32.2. The highest BCUT2D eigenvalue weighted by Crippen LogP contribution is 2.05. The van der Waals surface area contributed by atoms with Crippen LogP contribution in [-0.2, 0) is 9.22 Å². The average Bonchev–Trinajstić information content (AvgIpc) is 2.33. The summed E-state index contributed by atoms with van der Waals surface area (Å²) in [6, 6.07) is 8.97. The van der Waals surface area contributed by atoms with Crippen LogP contribution < -0.4 is 11.1 Å². The third-order valence-corrected chi connectivity index (χ3v) is 1.89. The van der Waals surface area contributed by atoms with Gasteiger partial charge in [0.05, 0.1) is 0 Å². The maximum atomic E-state index is 11.5. The Bertz CT molecular complexity index is 465. The second-order valence-corrected chi connectivity index (χ2v) is 3.23. The van der Waals surface area contributed by atoms with E-state index < -0.39 is 0 Å². The highest BCUT2D eigenvalue weighted by Gasteiger charge is 2.02. The second kappa shape index (κ2) is 7.22. The van der Waals surface area contributed by atoms with Crippen molar-refractivity contribution in [1.29, 1.82) is 0 Å². The number of carbonyl (C=O) groups is 1. The number of nitrogen functional groups attached to an aromatic ring is 1. The molecule has 0 unspecified atom stereocenters. The van der Waals surface area contributed by atoms with Gasteiger partial charge in [-0.2, -0.15) is 0 Å². The van der Waals surface area contributed by atoms with Gasteiger partial charge in [-0.05, 0) is 18.2 Å². The third kappa shape index (κ3) is 4.97. The van der Waals surface area contributed by atoms with Crippen LogP contribution in [0.15, 0.2) is 37.1 Å². The van der Waals surface area contributed by atoms with Crippen LogP contribution in [0.5, 0.6) is 0 Å². The molecule has 0 radical (unpaired) electrons. The molecule has 17 heavy (non-hydrogen) atoms. The van der Waals surface area contributed by atoms with E-state index in [0.717, 1.165) is 18.3 Å². The fourth-order valence-corrected chi connectivity index (χ4v) is 1.14. The van der Waals surface area contributed by atoms with Gasteiger partial charge in [-0.25, -0.2) is 0 Å². The zero-order valence-electron chi connectivity index (χ0n) is 8.80. The van der Waals surface area contributed by atoms with Crippen molar-refractivity contribution in [2.75, 3.05) is 5.73 Å². The number of carbonyl (C=O) groups excluding carboxylic acids is 1. The van der Waals surface area contributed by atoms with Crippen LogP contribution in [0, 0.1) is 11.3 Å². The standard InChI is InChI=1S/C11H10N2O3S/c1-2-15-16-17-7-6-13-11(14)9-4-3-5-10(12)8-9/h2-5,8H,1,12H2,(H,13,14). The van der Waals surface area contributed by atoms with E-state index in [4.69, 9.17) is 5.73 Å². The van der Waals surface area contributed by atoms with Crippen molar-refractivity contribution in [1.82, 2.24) is 5.32 Å². The van der Waals surface area contributed by atoms with Gasteiger partial charge in [-0.3, -0.25) is 10.1 Å². The van der Waals surface area contributed by atoms with E-state index in [1.54, 1.807) is 24.3 Å². The topological polar surface area (TPSA) is 73.6 Å². The number of benzene rings is 1. The number of amides is 1. The zero-order valence-corrected chi connectivity index (χ0v) is 9.62. The Morgan fingerprint density at radius 2 is 2.41 bits per heavy atom. The van der Waals surface area contributed by atoms with Crippen LogP contribution in [0.1, 0.15) is 10.4 Å². The Balaban J connectivity index is 2.42. The second-order valence-electron chi connectivity index (χ2n) is 2.72. The maximum absolute atomic E-state index is 11.5. The third-order valence-electron chi connectivity index (χ3n) is 1.56. The van der Waals surface area contributed by atoms with Gasteiger partial charge in [0.1, 0.15) is 18.3 Å². The molecule has 0 aromatic heterocycles. The summed E-state index contributed by atoms with van der Waals surface area (Å²) in [5.41, 5.74) is 6.49. The van der Waals surface area contributed by atoms with Crippen molar-refractivity contribution in [2.45, 2.75) is 0 Å². The van der Waals surface area contributed by atoms with Crippen LogP contribution in [0.4, 0.5) is 5.69 Å². The van der Waals surface area contributed by atoms with Gasteiger partial charge in [-0.1, -0.05) is 12.6 Å². The fraction of sp³-hybridized carbons (Fsp3) is 0. The molecule has 0 fully saturated rings. The predicted octanol–water partition coefficient (Wildman–Crippen LogP) is 1.66. The minimum Gasteiger partial charge on any atom is -0.399 e. The summed E-state index contributed by atoms with van der Waals surface area (Å²) in [4.78, 5) is 15.9. The molecule has 0 saturated carbocycles. The van der Waals surface area contributed by atoms with E-state index in [9.17, 15) is 4.79 Å². The number of nitrogens with one attached hydrogen (secondary N) is 1. The first kappa shape index (κ1) is 13.0. The average molecular weight is 250 g/mol. The summed E-state index contributed by atoms with van der Waals surface area (Å²) in [7, 11) is 0. The van der Waals surface area contributed by atoms with Crippen molar-refractivity contribution < 1.29 is 14.0 Å². The molecule has 1 aromatic carbocycles. The molecule has 0 aliphatic heterocycles. The molecule has 3 N–H and O–H groups in total. The molecular weight excluding hydrogens is 240 g/mol. The first-order valence-corrected chi connectivity index (χ1v) is 5.24. The van der Waals surface area contributed by atoms with Gasteiger partial charge < -0.3 is 10.6 Å². The maximum Gasteiger partial charge on any atom is 0.262 e. The van der Waals surface area contributed by atoms with Gasteiger partial charge in [0.25, 0.3) is 5.91 Å². The van der Waals surface area contributed by atoms with E-state index in [0.29, 0.717) is 11.3 Å². The summed E-state index contributed by atoms with van der Waals surface area (Å²) in [6.07, 6.45) is 1.11. The molecule has 0 bridgehead atoms. The first-order valence-electron chi connectivity index (χ1n) is 4.50. The Morgan fingerprint density at radius 1 is 1.59 bits per heavy atom.